The molecule has 0 spiro atoms. The van der Waals surface area contributed by atoms with Gasteiger partial charge in [-0.3, -0.25) is 4.79 Å². The Morgan fingerprint density at radius 2 is 1.78 bits per heavy atom. The molecule has 3 rings (SSSR count). The van der Waals surface area contributed by atoms with Gasteiger partial charge >= 0.3 is 0 Å². The van der Waals surface area contributed by atoms with Gasteiger partial charge in [-0.15, -0.1) is 0 Å². The van der Waals surface area contributed by atoms with Gasteiger partial charge in [0.05, 0.1) is 11.0 Å². The molecule has 1 heterocycles. The number of nitrogens with zero attached hydrogens (tertiary/aromatic N) is 2. The van der Waals surface area contributed by atoms with Crippen LogP contribution in [0.3, 0.4) is 0 Å². The molecule has 27 heavy (non-hydrogen) atoms. The summed E-state index contributed by atoms with van der Waals surface area (Å²) in [6.45, 7) is 6.45. The van der Waals surface area contributed by atoms with E-state index in [-0.39, 0.29) is 22.8 Å². The normalized spacial score (nSPS) is 16.9. The molecule has 2 N–H and O–H groups in total. The second kappa shape index (κ2) is 6.48. The number of hydrogen-bond donors (Lipinski definition) is 1. The SMILES string of the molecule is CC(C)(C)c1ccc2c(c1)C(C#N)N(Cc1ccc(S(N)(=O)=O)cc1)C2=O. The molecule has 1 amide bonds. The molecule has 0 saturated heterocycles. The summed E-state index contributed by atoms with van der Waals surface area (Å²) in [4.78, 5) is 14.3. The summed E-state index contributed by atoms with van der Waals surface area (Å²) >= 11 is 0. The van der Waals surface area contributed by atoms with Gasteiger partial charge in [0.15, 0.2) is 0 Å². The van der Waals surface area contributed by atoms with Crippen LogP contribution in [0.2, 0.25) is 0 Å². The Balaban J connectivity index is 1.93. The summed E-state index contributed by atoms with van der Waals surface area (Å²) in [5.74, 6) is -0.201. The number of nitriles is 1. The van der Waals surface area contributed by atoms with Gasteiger partial charge in [-0.25, -0.2) is 13.6 Å². The average Bonchev–Trinajstić information content (AvgIpc) is 2.85. The summed E-state index contributed by atoms with van der Waals surface area (Å²) in [6.07, 6.45) is 0. The van der Waals surface area contributed by atoms with Crippen molar-refractivity contribution >= 4 is 15.9 Å². The van der Waals surface area contributed by atoms with Crippen molar-refractivity contribution < 1.29 is 13.2 Å². The number of rotatable bonds is 3. The number of hydrogen-bond acceptors (Lipinski definition) is 4. The molecule has 0 aliphatic carbocycles. The second-order valence-electron chi connectivity index (χ2n) is 7.71. The Kier molecular flexibility index (Phi) is 4.58. The fourth-order valence-corrected chi connectivity index (χ4v) is 3.69. The monoisotopic (exact) mass is 383 g/mol. The highest BCUT2D eigenvalue weighted by Crippen LogP contribution is 2.37. The highest BCUT2D eigenvalue weighted by Gasteiger charge is 2.37. The smallest absolute Gasteiger partial charge is 0.255 e. The molecule has 0 radical (unpaired) electrons. The number of carbonyl (C=O) groups excluding carboxylic acids is 1. The summed E-state index contributed by atoms with van der Waals surface area (Å²) < 4.78 is 22.7. The summed E-state index contributed by atoms with van der Waals surface area (Å²) in [5.41, 5.74) is 2.95. The van der Waals surface area contributed by atoms with Crippen LogP contribution in [0.25, 0.3) is 0 Å². The molecule has 0 saturated carbocycles. The van der Waals surface area contributed by atoms with Crippen molar-refractivity contribution in [2.45, 2.75) is 43.7 Å². The van der Waals surface area contributed by atoms with E-state index < -0.39 is 16.1 Å². The minimum absolute atomic E-state index is 0.00827. The fourth-order valence-electron chi connectivity index (χ4n) is 3.17. The molecule has 0 fully saturated rings. The molecule has 1 aliphatic rings. The predicted octanol–water partition coefficient (Wildman–Crippen LogP) is 2.85. The van der Waals surface area contributed by atoms with Crippen molar-refractivity contribution in [3.63, 3.8) is 0 Å². The molecule has 2 aromatic carbocycles. The molecule has 1 atom stereocenters. The molecule has 0 aromatic heterocycles. The van der Waals surface area contributed by atoms with Gasteiger partial charge in [-0.1, -0.05) is 45.0 Å². The number of carbonyl (C=O) groups is 1. The van der Waals surface area contributed by atoms with E-state index in [9.17, 15) is 18.5 Å². The number of fused-ring (bicyclic) bond motifs is 1. The van der Waals surface area contributed by atoms with Gasteiger partial charge in [-0.2, -0.15) is 5.26 Å². The molecular formula is C20H21N3O3S. The maximum absolute atomic E-state index is 12.8. The first-order valence-corrected chi connectivity index (χ1v) is 10.0. The Labute approximate surface area is 159 Å². The fraction of sp³-hybridized carbons (Fsp3) is 0.300. The first kappa shape index (κ1) is 19.1. The van der Waals surface area contributed by atoms with Crippen LogP contribution < -0.4 is 5.14 Å². The summed E-state index contributed by atoms with van der Waals surface area (Å²) in [5, 5.41) is 14.8. The zero-order valence-electron chi connectivity index (χ0n) is 15.4. The van der Waals surface area contributed by atoms with Crippen LogP contribution in [0.4, 0.5) is 0 Å². The van der Waals surface area contributed by atoms with Gasteiger partial charge in [0.2, 0.25) is 10.0 Å². The van der Waals surface area contributed by atoms with E-state index in [2.05, 4.69) is 26.8 Å². The van der Waals surface area contributed by atoms with Gasteiger partial charge in [-0.05, 0) is 34.7 Å². The van der Waals surface area contributed by atoms with Gasteiger partial charge < -0.3 is 4.90 Å². The Hall–Kier alpha value is -2.69. The molecular weight excluding hydrogens is 362 g/mol. The highest BCUT2D eigenvalue weighted by atomic mass is 32.2. The zero-order valence-corrected chi connectivity index (χ0v) is 16.2. The number of benzene rings is 2. The van der Waals surface area contributed by atoms with Gasteiger partial charge in [0.25, 0.3) is 5.91 Å². The van der Waals surface area contributed by atoms with Crippen LogP contribution in [-0.2, 0) is 22.0 Å². The molecule has 7 heteroatoms. The average molecular weight is 383 g/mol. The quantitative estimate of drug-likeness (QED) is 0.880. The first-order valence-electron chi connectivity index (χ1n) is 8.49. The van der Waals surface area contributed by atoms with Gasteiger partial charge in [0.1, 0.15) is 6.04 Å². The number of amides is 1. The van der Waals surface area contributed by atoms with Crippen molar-refractivity contribution in [3.05, 3.63) is 64.7 Å². The Bertz CT molecular complexity index is 1050. The molecule has 1 aliphatic heterocycles. The van der Waals surface area contributed by atoms with Crippen molar-refractivity contribution in [1.29, 1.82) is 5.26 Å². The Morgan fingerprint density at radius 1 is 1.15 bits per heavy atom. The van der Waals surface area contributed by atoms with Crippen LogP contribution >= 0.6 is 0 Å². The molecule has 2 aromatic rings. The van der Waals surface area contributed by atoms with E-state index in [4.69, 9.17) is 5.14 Å². The maximum atomic E-state index is 12.8. The first-order chi connectivity index (χ1) is 12.5. The topological polar surface area (TPSA) is 104 Å². The van der Waals surface area contributed by atoms with Crippen LogP contribution in [-0.4, -0.2) is 19.2 Å². The molecule has 0 bridgehead atoms. The third-order valence-corrected chi connectivity index (χ3v) is 5.67. The Morgan fingerprint density at radius 3 is 2.30 bits per heavy atom. The van der Waals surface area contributed by atoms with E-state index in [0.717, 1.165) is 16.7 Å². The third-order valence-electron chi connectivity index (χ3n) is 4.74. The second-order valence-corrected chi connectivity index (χ2v) is 9.27. The van der Waals surface area contributed by atoms with Crippen LogP contribution in [0, 0.1) is 11.3 Å². The largest absolute Gasteiger partial charge is 0.314 e. The zero-order chi connectivity index (χ0) is 20.0. The minimum atomic E-state index is -3.77. The van der Waals surface area contributed by atoms with Gasteiger partial charge in [0, 0.05) is 17.7 Å². The molecule has 6 nitrogen and oxygen atoms in total. The summed E-state index contributed by atoms with van der Waals surface area (Å²) in [7, 11) is -3.77. The van der Waals surface area contributed by atoms with Crippen LogP contribution in [0.1, 0.15) is 53.9 Å². The van der Waals surface area contributed by atoms with Crippen molar-refractivity contribution in [2.75, 3.05) is 0 Å². The van der Waals surface area contributed by atoms with E-state index in [1.165, 1.54) is 17.0 Å². The minimum Gasteiger partial charge on any atom is -0.314 e. The van der Waals surface area contributed by atoms with E-state index in [1.54, 1.807) is 18.2 Å². The third kappa shape index (κ3) is 3.59. The highest BCUT2D eigenvalue weighted by molar-refractivity contribution is 7.89. The number of nitrogens with two attached hydrogens (primary N) is 1. The predicted molar refractivity (Wildman–Crippen MR) is 101 cm³/mol. The van der Waals surface area contributed by atoms with E-state index in [0.29, 0.717) is 5.56 Å². The van der Waals surface area contributed by atoms with Crippen LogP contribution in [0.5, 0.6) is 0 Å². The van der Waals surface area contributed by atoms with Crippen molar-refractivity contribution in [2.24, 2.45) is 5.14 Å². The number of primary sulfonamides is 1. The van der Waals surface area contributed by atoms with Crippen molar-refractivity contribution in [3.8, 4) is 6.07 Å². The van der Waals surface area contributed by atoms with E-state index >= 15 is 0 Å². The van der Waals surface area contributed by atoms with Crippen molar-refractivity contribution in [1.82, 2.24) is 4.90 Å². The maximum Gasteiger partial charge on any atom is 0.255 e. The molecule has 1 unspecified atom stereocenters. The van der Waals surface area contributed by atoms with Crippen LogP contribution in [0.15, 0.2) is 47.4 Å². The lowest BCUT2D eigenvalue weighted by molar-refractivity contribution is 0.0744. The lowest BCUT2D eigenvalue weighted by atomic mass is 9.85. The standard InChI is InChI=1S/C20H21N3O3S/c1-20(2,3)14-6-9-16-17(10-14)18(11-21)23(19(16)24)12-13-4-7-15(8-5-13)27(22,25)26/h4-10,18H,12H2,1-3H3,(H2,22,25,26). The summed E-state index contributed by atoms with van der Waals surface area (Å²) in [6, 6.07) is 13.2. The lowest BCUT2D eigenvalue weighted by Gasteiger charge is -2.21. The lowest BCUT2D eigenvalue weighted by Crippen LogP contribution is -2.26. The number of sulfonamides is 1. The molecule has 140 valence electrons. The van der Waals surface area contributed by atoms with E-state index in [1.807, 2.05) is 12.1 Å².